The van der Waals surface area contributed by atoms with Crippen LogP contribution in [-0.4, -0.2) is 62.3 Å². The van der Waals surface area contributed by atoms with Gasteiger partial charge >= 0.3 is 5.97 Å². The second kappa shape index (κ2) is 9.98. The zero-order chi connectivity index (χ0) is 16.4. The van der Waals surface area contributed by atoms with Crippen molar-refractivity contribution >= 4 is 5.97 Å². The highest BCUT2D eigenvalue weighted by Crippen LogP contribution is 2.08. The summed E-state index contributed by atoms with van der Waals surface area (Å²) in [4.78, 5) is 14.1. The Bertz CT molecular complexity index is 350. The summed E-state index contributed by atoms with van der Waals surface area (Å²) < 4.78 is 5.41. The maximum atomic E-state index is 12.0. The largest absolute Gasteiger partial charge is 0.459 e. The van der Waals surface area contributed by atoms with Crippen LogP contribution in [-0.2, 0) is 9.53 Å². The SMILES string of the molecule is C=C1CCCNCCN(CC(=O)OC(C)(C)C)CCNCC1. The fourth-order valence-corrected chi connectivity index (χ4v) is 2.40. The highest BCUT2D eigenvalue weighted by Gasteiger charge is 2.18. The van der Waals surface area contributed by atoms with Gasteiger partial charge in [-0.2, -0.15) is 0 Å². The predicted octanol–water partition coefficient (Wildman–Crippen LogP) is 1.55. The Balaban J connectivity index is 2.42. The minimum Gasteiger partial charge on any atom is -0.459 e. The van der Waals surface area contributed by atoms with Crippen molar-refractivity contribution in [2.45, 2.75) is 45.6 Å². The van der Waals surface area contributed by atoms with E-state index in [-0.39, 0.29) is 5.97 Å². The van der Waals surface area contributed by atoms with Crippen molar-refractivity contribution in [3.05, 3.63) is 12.2 Å². The molecule has 5 nitrogen and oxygen atoms in total. The number of ether oxygens (including phenoxy) is 1. The molecule has 0 aromatic heterocycles. The summed E-state index contributed by atoms with van der Waals surface area (Å²) in [6, 6.07) is 0. The third-order valence-electron chi connectivity index (χ3n) is 3.52. The zero-order valence-electron chi connectivity index (χ0n) is 14.5. The van der Waals surface area contributed by atoms with Crippen molar-refractivity contribution in [3.63, 3.8) is 0 Å². The van der Waals surface area contributed by atoms with Gasteiger partial charge in [-0.15, -0.1) is 0 Å². The van der Waals surface area contributed by atoms with Gasteiger partial charge in [0.05, 0.1) is 6.54 Å². The number of nitrogens with one attached hydrogen (secondary N) is 2. The van der Waals surface area contributed by atoms with Gasteiger partial charge < -0.3 is 15.4 Å². The molecule has 2 N–H and O–H groups in total. The lowest BCUT2D eigenvalue weighted by Crippen LogP contribution is -2.41. The molecule has 0 aromatic rings. The number of hydrogen-bond donors (Lipinski definition) is 2. The summed E-state index contributed by atoms with van der Waals surface area (Å²) in [5.74, 6) is -0.148. The van der Waals surface area contributed by atoms with E-state index in [0.29, 0.717) is 6.54 Å². The summed E-state index contributed by atoms with van der Waals surface area (Å²) in [7, 11) is 0. The van der Waals surface area contributed by atoms with Crippen LogP contribution in [0.4, 0.5) is 0 Å². The number of nitrogens with zero attached hydrogens (tertiary/aromatic N) is 1. The molecule has 0 spiro atoms. The molecule has 1 saturated heterocycles. The van der Waals surface area contributed by atoms with Crippen molar-refractivity contribution in [1.29, 1.82) is 0 Å². The Morgan fingerprint density at radius 3 is 2.41 bits per heavy atom. The van der Waals surface area contributed by atoms with E-state index in [2.05, 4.69) is 22.1 Å². The molecule has 0 aliphatic carbocycles. The lowest BCUT2D eigenvalue weighted by molar-refractivity contribution is -0.156. The van der Waals surface area contributed by atoms with Crippen molar-refractivity contribution in [2.75, 3.05) is 45.8 Å². The van der Waals surface area contributed by atoms with Gasteiger partial charge in [0.15, 0.2) is 0 Å². The molecule has 1 aliphatic rings. The number of esters is 1. The first-order valence-electron chi connectivity index (χ1n) is 8.39. The fraction of sp³-hybridized carbons (Fsp3) is 0.824. The summed E-state index contributed by atoms with van der Waals surface area (Å²) in [6.45, 7) is 15.7. The summed E-state index contributed by atoms with van der Waals surface area (Å²) in [5.41, 5.74) is 0.900. The van der Waals surface area contributed by atoms with E-state index in [1.807, 2.05) is 20.8 Å². The second-order valence-corrected chi connectivity index (χ2v) is 6.97. The maximum Gasteiger partial charge on any atom is 0.320 e. The lowest BCUT2D eigenvalue weighted by Gasteiger charge is -2.25. The van der Waals surface area contributed by atoms with Gasteiger partial charge in [0.1, 0.15) is 5.60 Å². The smallest absolute Gasteiger partial charge is 0.320 e. The third kappa shape index (κ3) is 9.92. The van der Waals surface area contributed by atoms with Gasteiger partial charge in [-0.3, -0.25) is 9.69 Å². The molecular formula is C17H33N3O2. The molecule has 1 rings (SSSR count). The molecule has 1 aliphatic heterocycles. The highest BCUT2D eigenvalue weighted by molar-refractivity contribution is 5.72. The van der Waals surface area contributed by atoms with E-state index in [0.717, 1.165) is 58.5 Å². The van der Waals surface area contributed by atoms with Gasteiger partial charge in [0, 0.05) is 26.2 Å². The number of carbonyl (C=O) groups is 1. The van der Waals surface area contributed by atoms with E-state index >= 15 is 0 Å². The molecular weight excluding hydrogens is 278 g/mol. The van der Waals surface area contributed by atoms with E-state index in [1.165, 1.54) is 5.57 Å². The van der Waals surface area contributed by atoms with Gasteiger partial charge in [-0.1, -0.05) is 12.2 Å². The molecule has 5 heteroatoms. The van der Waals surface area contributed by atoms with Crippen LogP contribution in [0.25, 0.3) is 0 Å². The Kier molecular flexibility index (Phi) is 8.68. The van der Waals surface area contributed by atoms with Gasteiger partial charge in [-0.05, 0) is 53.1 Å². The van der Waals surface area contributed by atoms with Crippen molar-refractivity contribution in [3.8, 4) is 0 Å². The Hall–Kier alpha value is -0.910. The van der Waals surface area contributed by atoms with Crippen LogP contribution in [0.5, 0.6) is 0 Å². The monoisotopic (exact) mass is 311 g/mol. The molecule has 1 fully saturated rings. The number of carbonyl (C=O) groups excluding carboxylic acids is 1. The van der Waals surface area contributed by atoms with Gasteiger partial charge in [0.25, 0.3) is 0 Å². The first-order chi connectivity index (χ1) is 10.4. The molecule has 0 amide bonds. The molecule has 0 bridgehead atoms. The number of hydrogen-bond acceptors (Lipinski definition) is 5. The topological polar surface area (TPSA) is 53.6 Å². The van der Waals surface area contributed by atoms with E-state index in [4.69, 9.17) is 4.74 Å². The highest BCUT2D eigenvalue weighted by atomic mass is 16.6. The predicted molar refractivity (Wildman–Crippen MR) is 91.0 cm³/mol. The summed E-state index contributed by atoms with van der Waals surface area (Å²) in [5, 5.41) is 6.87. The van der Waals surface area contributed by atoms with Crippen molar-refractivity contribution in [2.24, 2.45) is 0 Å². The van der Waals surface area contributed by atoms with Crippen LogP contribution in [0.15, 0.2) is 12.2 Å². The molecule has 0 aromatic carbocycles. The fourth-order valence-electron chi connectivity index (χ4n) is 2.40. The standard InChI is InChI=1S/C17H33N3O2/c1-15-6-5-8-18-10-12-20(13-11-19-9-7-15)14-16(21)22-17(2,3)4/h18-19H,1,5-14H2,2-4H3. The second-order valence-electron chi connectivity index (χ2n) is 6.97. The minimum atomic E-state index is -0.418. The van der Waals surface area contributed by atoms with Crippen LogP contribution in [0.1, 0.15) is 40.0 Å². The molecule has 1 heterocycles. The van der Waals surface area contributed by atoms with Crippen LogP contribution in [0.2, 0.25) is 0 Å². The van der Waals surface area contributed by atoms with Crippen molar-refractivity contribution in [1.82, 2.24) is 15.5 Å². The quantitative estimate of drug-likeness (QED) is 0.599. The average Bonchev–Trinajstić information content (AvgIpc) is 2.40. The summed E-state index contributed by atoms with van der Waals surface area (Å²) in [6.07, 6.45) is 3.26. The maximum absolute atomic E-state index is 12.0. The van der Waals surface area contributed by atoms with Gasteiger partial charge in [0.2, 0.25) is 0 Å². The summed E-state index contributed by atoms with van der Waals surface area (Å²) >= 11 is 0. The normalized spacial score (nSPS) is 20.6. The number of rotatable bonds is 2. The van der Waals surface area contributed by atoms with Crippen LogP contribution >= 0.6 is 0 Å². The van der Waals surface area contributed by atoms with E-state index in [1.54, 1.807) is 0 Å². The molecule has 0 saturated carbocycles. The molecule has 128 valence electrons. The third-order valence-corrected chi connectivity index (χ3v) is 3.52. The lowest BCUT2D eigenvalue weighted by atomic mass is 10.1. The molecule has 0 unspecified atom stereocenters. The van der Waals surface area contributed by atoms with E-state index in [9.17, 15) is 4.79 Å². The van der Waals surface area contributed by atoms with Crippen LogP contribution in [0.3, 0.4) is 0 Å². The first kappa shape index (κ1) is 19.1. The van der Waals surface area contributed by atoms with Gasteiger partial charge in [-0.25, -0.2) is 0 Å². The first-order valence-corrected chi connectivity index (χ1v) is 8.39. The van der Waals surface area contributed by atoms with Crippen LogP contribution < -0.4 is 10.6 Å². The van der Waals surface area contributed by atoms with Crippen LogP contribution in [0, 0.1) is 0 Å². The Labute approximate surface area is 135 Å². The Morgan fingerprint density at radius 1 is 1.14 bits per heavy atom. The molecule has 22 heavy (non-hydrogen) atoms. The average molecular weight is 311 g/mol. The van der Waals surface area contributed by atoms with E-state index < -0.39 is 5.60 Å². The molecule has 0 atom stereocenters. The molecule has 0 radical (unpaired) electrons. The van der Waals surface area contributed by atoms with Crippen molar-refractivity contribution < 1.29 is 9.53 Å². The Morgan fingerprint density at radius 2 is 1.77 bits per heavy atom. The zero-order valence-corrected chi connectivity index (χ0v) is 14.5. The minimum absolute atomic E-state index is 0.148.